The maximum absolute atomic E-state index is 13.1. The topological polar surface area (TPSA) is 109 Å². The van der Waals surface area contributed by atoms with Gasteiger partial charge in [-0.2, -0.15) is 41.3 Å². The molecule has 0 aliphatic carbocycles. The number of hydrogen-bond donors (Lipinski definition) is 3. The first kappa shape index (κ1) is 25.1. The number of nitrogens with one attached hydrogen (secondary N) is 2. The summed E-state index contributed by atoms with van der Waals surface area (Å²) in [7, 11) is 0. The number of aromatic nitrogens is 5. The van der Waals surface area contributed by atoms with Crippen molar-refractivity contribution in [3.05, 3.63) is 47.9 Å². The molecule has 2 atom stereocenters. The molecule has 3 aromatic rings. The molecular weight excluding hydrogens is 468 g/mol. The smallest absolute Gasteiger partial charge is 0.391 e. The minimum absolute atomic E-state index is 0.0657. The highest BCUT2D eigenvalue weighted by Gasteiger charge is 2.33. The van der Waals surface area contributed by atoms with Crippen LogP contribution in [0.4, 0.5) is 43.9 Å². The molecule has 0 fully saturated rings. The summed E-state index contributed by atoms with van der Waals surface area (Å²) in [4.78, 5) is 19.0. The van der Waals surface area contributed by atoms with Crippen molar-refractivity contribution < 1.29 is 31.4 Å². The van der Waals surface area contributed by atoms with Crippen LogP contribution in [0.15, 0.2) is 36.5 Å². The van der Waals surface area contributed by atoms with Crippen LogP contribution in [0.5, 0.6) is 0 Å². The van der Waals surface area contributed by atoms with Gasteiger partial charge in [-0.1, -0.05) is 13.0 Å². The molecule has 0 aliphatic heterocycles. The Kier molecular flexibility index (Phi) is 7.19. The lowest BCUT2D eigenvalue weighted by Crippen LogP contribution is -2.31. The monoisotopic (exact) mass is 487 g/mol. The van der Waals surface area contributed by atoms with Crippen LogP contribution < -0.4 is 10.6 Å². The van der Waals surface area contributed by atoms with Crippen molar-refractivity contribution >= 4 is 17.6 Å². The van der Waals surface area contributed by atoms with E-state index in [0.717, 1.165) is 24.4 Å². The lowest BCUT2D eigenvalue weighted by atomic mass is 10.1. The normalized spacial score (nSPS) is 13.9. The van der Waals surface area contributed by atoms with E-state index in [0.29, 0.717) is 6.42 Å². The molecule has 0 spiro atoms. The number of hydrogen-bond acceptors (Lipinski definition) is 8. The molecule has 0 saturated carbocycles. The number of alkyl halides is 6. The van der Waals surface area contributed by atoms with Gasteiger partial charge >= 0.3 is 12.4 Å². The minimum Gasteiger partial charge on any atom is -0.391 e. The molecule has 14 heteroatoms. The van der Waals surface area contributed by atoms with Crippen molar-refractivity contribution in [2.75, 3.05) is 10.6 Å². The van der Waals surface area contributed by atoms with Gasteiger partial charge in [-0.15, -0.1) is 0 Å². The molecule has 0 radical (unpaired) electrons. The van der Waals surface area contributed by atoms with Crippen LogP contribution in [0.25, 0.3) is 11.5 Å². The van der Waals surface area contributed by atoms with E-state index in [9.17, 15) is 31.4 Å². The third kappa shape index (κ3) is 6.27. The molecule has 0 aromatic carbocycles. The van der Waals surface area contributed by atoms with Crippen LogP contribution in [0, 0.1) is 0 Å². The molecule has 182 valence electrons. The summed E-state index contributed by atoms with van der Waals surface area (Å²) in [6, 6.07) is 4.55. The van der Waals surface area contributed by atoms with Gasteiger partial charge < -0.3 is 15.7 Å². The number of rotatable bonds is 7. The van der Waals surface area contributed by atoms with Gasteiger partial charge in [0.15, 0.2) is 5.82 Å². The largest absolute Gasteiger partial charge is 0.433 e. The Hall–Kier alpha value is -3.55. The Balaban J connectivity index is 2.03. The molecule has 34 heavy (non-hydrogen) atoms. The molecular formula is C20H19F6N7O. The van der Waals surface area contributed by atoms with Crippen molar-refractivity contribution in [3.8, 4) is 11.5 Å². The Labute approximate surface area is 189 Å². The van der Waals surface area contributed by atoms with E-state index >= 15 is 0 Å². The van der Waals surface area contributed by atoms with Crippen molar-refractivity contribution in [1.29, 1.82) is 0 Å². The highest BCUT2D eigenvalue weighted by Crippen LogP contribution is 2.31. The van der Waals surface area contributed by atoms with E-state index in [1.165, 1.54) is 12.1 Å². The van der Waals surface area contributed by atoms with Gasteiger partial charge in [-0.05, 0) is 37.6 Å². The zero-order valence-corrected chi connectivity index (χ0v) is 17.8. The fourth-order valence-corrected chi connectivity index (χ4v) is 2.77. The summed E-state index contributed by atoms with van der Waals surface area (Å²) >= 11 is 0. The lowest BCUT2D eigenvalue weighted by Gasteiger charge is -2.19. The van der Waals surface area contributed by atoms with E-state index in [-0.39, 0.29) is 29.1 Å². The number of nitrogens with zero attached hydrogens (tertiary/aromatic N) is 5. The van der Waals surface area contributed by atoms with Gasteiger partial charge in [-0.3, -0.25) is 4.98 Å². The summed E-state index contributed by atoms with van der Waals surface area (Å²) in [6.07, 6.45) is -8.87. The third-order valence-corrected chi connectivity index (χ3v) is 4.56. The fourth-order valence-electron chi connectivity index (χ4n) is 2.77. The fraction of sp³-hybridized carbons (Fsp3) is 0.350. The van der Waals surface area contributed by atoms with Crippen LogP contribution in [0.3, 0.4) is 0 Å². The van der Waals surface area contributed by atoms with Gasteiger partial charge in [0.05, 0.1) is 12.1 Å². The number of aliphatic hydroxyl groups is 1. The molecule has 3 heterocycles. The molecule has 8 nitrogen and oxygen atoms in total. The molecule has 0 saturated heterocycles. The van der Waals surface area contributed by atoms with Crippen molar-refractivity contribution in [1.82, 2.24) is 24.9 Å². The molecule has 0 aliphatic rings. The SMILES string of the molecule is CCC(O)C(C)Nc1nc(Nc2ccnc(C(F)(F)F)c2)nc(-c2cccc(C(F)(F)F)n2)n1. The summed E-state index contributed by atoms with van der Waals surface area (Å²) in [6.45, 7) is 3.37. The van der Waals surface area contributed by atoms with Crippen molar-refractivity contribution in [2.24, 2.45) is 0 Å². The highest BCUT2D eigenvalue weighted by molar-refractivity contribution is 5.59. The van der Waals surface area contributed by atoms with Crippen LogP contribution in [0.2, 0.25) is 0 Å². The zero-order valence-electron chi connectivity index (χ0n) is 17.8. The second-order valence-corrected chi connectivity index (χ2v) is 7.17. The third-order valence-electron chi connectivity index (χ3n) is 4.56. The average molecular weight is 487 g/mol. The number of pyridine rings is 2. The zero-order chi connectivity index (χ0) is 25.1. The Morgan fingerprint density at radius 3 is 2.24 bits per heavy atom. The standard InChI is InChI=1S/C20H19F6N7O/c1-3-13(34)10(2)28-17-31-16(12-5-4-6-14(30-12)19(21,22)23)32-18(33-17)29-11-7-8-27-15(9-11)20(24,25)26/h4-10,13,34H,3H2,1-2H3,(H2,27,28,29,31,32,33). The van der Waals surface area contributed by atoms with Gasteiger partial charge in [0.2, 0.25) is 11.9 Å². The maximum Gasteiger partial charge on any atom is 0.433 e. The van der Waals surface area contributed by atoms with E-state index < -0.39 is 35.9 Å². The first-order chi connectivity index (χ1) is 15.9. The molecule has 3 aromatic heterocycles. The predicted molar refractivity (Wildman–Crippen MR) is 110 cm³/mol. The Morgan fingerprint density at radius 2 is 1.59 bits per heavy atom. The molecule has 0 amide bonds. The maximum atomic E-state index is 13.1. The van der Waals surface area contributed by atoms with Crippen LogP contribution in [0.1, 0.15) is 31.7 Å². The van der Waals surface area contributed by atoms with E-state index in [4.69, 9.17) is 0 Å². The molecule has 3 rings (SSSR count). The second-order valence-electron chi connectivity index (χ2n) is 7.17. The molecule has 0 bridgehead atoms. The summed E-state index contributed by atoms with van der Waals surface area (Å²) in [5.41, 5.74) is -2.64. The number of anilines is 3. The first-order valence-electron chi connectivity index (χ1n) is 9.92. The number of halogens is 6. The van der Waals surface area contributed by atoms with Crippen LogP contribution in [-0.4, -0.2) is 42.2 Å². The van der Waals surface area contributed by atoms with Crippen molar-refractivity contribution in [2.45, 2.75) is 44.8 Å². The minimum atomic E-state index is -4.71. The summed E-state index contributed by atoms with van der Waals surface area (Å²) in [5, 5.41) is 15.4. The Morgan fingerprint density at radius 1 is 0.912 bits per heavy atom. The number of aliphatic hydroxyl groups excluding tert-OH is 1. The summed E-state index contributed by atoms with van der Waals surface area (Å²) < 4.78 is 78.2. The summed E-state index contributed by atoms with van der Waals surface area (Å²) in [5.74, 6) is -0.657. The van der Waals surface area contributed by atoms with Gasteiger partial charge in [0.25, 0.3) is 0 Å². The first-order valence-corrected chi connectivity index (χ1v) is 9.92. The van der Waals surface area contributed by atoms with Gasteiger partial charge in [0, 0.05) is 11.9 Å². The van der Waals surface area contributed by atoms with E-state index in [1.807, 2.05) is 0 Å². The highest BCUT2D eigenvalue weighted by atomic mass is 19.4. The predicted octanol–water partition coefficient (Wildman–Crippen LogP) is 4.68. The Bertz CT molecular complexity index is 1140. The van der Waals surface area contributed by atoms with Gasteiger partial charge in [-0.25, -0.2) is 4.98 Å². The molecule has 2 unspecified atom stereocenters. The van der Waals surface area contributed by atoms with Crippen LogP contribution in [-0.2, 0) is 12.4 Å². The second kappa shape index (κ2) is 9.75. The van der Waals surface area contributed by atoms with Crippen molar-refractivity contribution in [3.63, 3.8) is 0 Å². The molecule has 3 N–H and O–H groups in total. The van der Waals surface area contributed by atoms with E-state index in [1.54, 1.807) is 13.8 Å². The average Bonchev–Trinajstić information content (AvgIpc) is 2.77. The quantitative estimate of drug-likeness (QED) is 0.413. The van der Waals surface area contributed by atoms with E-state index in [2.05, 4.69) is 35.6 Å². The van der Waals surface area contributed by atoms with Crippen LogP contribution >= 0.6 is 0 Å². The lowest BCUT2D eigenvalue weighted by molar-refractivity contribution is -0.141. The van der Waals surface area contributed by atoms with Gasteiger partial charge in [0.1, 0.15) is 17.1 Å².